The molecule has 1 fully saturated rings. The molecule has 0 aliphatic heterocycles. The monoisotopic (exact) mass is 291 g/mol. The fourth-order valence-corrected chi connectivity index (χ4v) is 3.30. The van der Waals surface area contributed by atoms with Crippen molar-refractivity contribution in [1.82, 2.24) is 10.2 Å². The Kier molecular flexibility index (Phi) is 6.03. The van der Waals surface area contributed by atoms with Gasteiger partial charge in [-0.2, -0.15) is 0 Å². The number of likely N-dealkylation sites (N-methyl/N-ethyl adjacent to an activating group) is 1. The van der Waals surface area contributed by atoms with Crippen molar-refractivity contribution in [3.8, 4) is 5.75 Å². The van der Waals surface area contributed by atoms with E-state index in [1.807, 2.05) is 6.07 Å². The highest BCUT2D eigenvalue weighted by atomic mass is 16.5. The molecule has 2 rings (SSSR count). The van der Waals surface area contributed by atoms with Gasteiger partial charge in [-0.25, -0.2) is 0 Å². The van der Waals surface area contributed by atoms with Crippen LogP contribution in [0.25, 0.3) is 0 Å². The highest BCUT2D eigenvalue weighted by molar-refractivity contribution is 5.30. The maximum Gasteiger partial charge on any atom is 0.119 e. The van der Waals surface area contributed by atoms with Crippen LogP contribution in [0.5, 0.6) is 5.75 Å². The fourth-order valence-electron chi connectivity index (χ4n) is 3.30. The highest BCUT2D eigenvalue weighted by Gasteiger charge is 2.26. The van der Waals surface area contributed by atoms with Crippen molar-refractivity contribution in [2.24, 2.45) is 11.7 Å². The Labute approximate surface area is 128 Å². The third-order valence-corrected chi connectivity index (χ3v) is 4.64. The Morgan fingerprint density at radius 2 is 2.19 bits per heavy atom. The zero-order valence-electron chi connectivity index (χ0n) is 13.5. The third kappa shape index (κ3) is 4.19. The van der Waals surface area contributed by atoms with Gasteiger partial charge in [-0.15, -0.1) is 0 Å². The first-order valence-corrected chi connectivity index (χ1v) is 7.89. The summed E-state index contributed by atoms with van der Waals surface area (Å²) in [7, 11) is 5.97. The second kappa shape index (κ2) is 7.78. The van der Waals surface area contributed by atoms with Crippen molar-refractivity contribution < 1.29 is 4.74 Å². The molecule has 21 heavy (non-hydrogen) atoms. The van der Waals surface area contributed by atoms with Gasteiger partial charge in [0.15, 0.2) is 0 Å². The molecular formula is C17H29N3O. The van der Waals surface area contributed by atoms with Crippen LogP contribution >= 0.6 is 0 Å². The van der Waals surface area contributed by atoms with Crippen molar-refractivity contribution >= 4 is 0 Å². The number of methoxy groups -OCH3 is 1. The van der Waals surface area contributed by atoms with Crippen molar-refractivity contribution in [2.75, 3.05) is 34.3 Å². The summed E-state index contributed by atoms with van der Waals surface area (Å²) in [4.78, 5) is 2.26. The average Bonchev–Trinajstić information content (AvgIpc) is 2.95. The zero-order valence-corrected chi connectivity index (χ0v) is 13.5. The van der Waals surface area contributed by atoms with Crippen molar-refractivity contribution in [3.63, 3.8) is 0 Å². The first-order chi connectivity index (χ1) is 10.2. The van der Waals surface area contributed by atoms with Crippen LogP contribution in [-0.4, -0.2) is 45.2 Å². The first kappa shape index (κ1) is 16.3. The quantitative estimate of drug-likeness (QED) is 0.807. The van der Waals surface area contributed by atoms with Crippen LogP contribution in [0.3, 0.4) is 0 Å². The first-order valence-electron chi connectivity index (χ1n) is 7.89. The van der Waals surface area contributed by atoms with E-state index in [0.717, 1.165) is 18.8 Å². The predicted molar refractivity (Wildman–Crippen MR) is 87.6 cm³/mol. The summed E-state index contributed by atoms with van der Waals surface area (Å²) in [5, 5.41) is 3.74. The molecule has 1 saturated carbocycles. The lowest BCUT2D eigenvalue weighted by Gasteiger charge is -2.28. The average molecular weight is 291 g/mol. The van der Waals surface area contributed by atoms with Gasteiger partial charge in [0, 0.05) is 18.6 Å². The number of nitrogens with zero attached hydrogens (tertiary/aromatic N) is 1. The minimum Gasteiger partial charge on any atom is -0.497 e. The number of nitrogens with two attached hydrogens (primary N) is 1. The van der Waals surface area contributed by atoms with Gasteiger partial charge in [-0.05, 0) is 57.1 Å². The van der Waals surface area contributed by atoms with Crippen LogP contribution in [0.2, 0.25) is 0 Å². The lowest BCUT2D eigenvalue weighted by atomic mass is 10.0. The Morgan fingerprint density at radius 3 is 2.86 bits per heavy atom. The van der Waals surface area contributed by atoms with Crippen LogP contribution in [0, 0.1) is 5.92 Å². The van der Waals surface area contributed by atoms with Crippen LogP contribution in [0.4, 0.5) is 0 Å². The van der Waals surface area contributed by atoms with E-state index in [-0.39, 0.29) is 0 Å². The SMILES string of the molecule is COc1cccc(C(CNC2CCCC2CN)N(C)C)c1. The highest BCUT2D eigenvalue weighted by Crippen LogP contribution is 2.26. The third-order valence-electron chi connectivity index (χ3n) is 4.64. The summed E-state index contributed by atoms with van der Waals surface area (Å²) < 4.78 is 5.34. The Bertz CT molecular complexity index is 436. The number of rotatable bonds is 7. The maximum absolute atomic E-state index is 5.87. The van der Waals surface area contributed by atoms with E-state index < -0.39 is 0 Å². The normalized spacial score (nSPS) is 23.5. The molecule has 0 saturated heterocycles. The molecule has 3 atom stereocenters. The fraction of sp³-hybridized carbons (Fsp3) is 0.647. The molecule has 0 heterocycles. The number of hydrogen-bond donors (Lipinski definition) is 2. The summed E-state index contributed by atoms with van der Waals surface area (Å²) in [6, 6.07) is 9.27. The maximum atomic E-state index is 5.87. The molecule has 3 unspecified atom stereocenters. The second-order valence-electron chi connectivity index (χ2n) is 6.20. The van der Waals surface area contributed by atoms with E-state index in [1.54, 1.807) is 7.11 Å². The topological polar surface area (TPSA) is 50.5 Å². The minimum absolute atomic E-state index is 0.346. The summed E-state index contributed by atoms with van der Waals surface area (Å²) in [6.07, 6.45) is 3.81. The van der Waals surface area contributed by atoms with E-state index in [9.17, 15) is 0 Å². The van der Waals surface area contributed by atoms with Gasteiger partial charge in [-0.1, -0.05) is 18.6 Å². The van der Waals surface area contributed by atoms with Gasteiger partial charge in [0.1, 0.15) is 5.75 Å². The number of hydrogen-bond acceptors (Lipinski definition) is 4. The number of ether oxygens (including phenoxy) is 1. The molecule has 118 valence electrons. The second-order valence-corrected chi connectivity index (χ2v) is 6.20. The van der Waals surface area contributed by atoms with E-state index in [2.05, 4.69) is 42.5 Å². The van der Waals surface area contributed by atoms with Crippen LogP contribution < -0.4 is 15.8 Å². The van der Waals surface area contributed by atoms with Crippen molar-refractivity contribution in [1.29, 1.82) is 0 Å². The molecule has 0 spiro atoms. The molecule has 4 nitrogen and oxygen atoms in total. The molecule has 0 aromatic heterocycles. The van der Waals surface area contributed by atoms with Gasteiger partial charge >= 0.3 is 0 Å². The van der Waals surface area contributed by atoms with Gasteiger partial charge in [0.25, 0.3) is 0 Å². The Balaban J connectivity index is 2.02. The molecule has 1 aliphatic rings. The van der Waals surface area contributed by atoms with Crippen LogP contribution in [-0.2, 0) is 0 Å². The molecule has 1 aromatic carbocycles. The molecule has 0 radical (unpaired) electrons. The zero-order chi connectivity index (χ0) is 15.2. The minimum atomic E-state index is 0.346. The summed E-state index contributed by atoms with van der Waals surface area (Å²) in [5.74, 6) is 1.55. The summed E-state index contributed by atoms with van der Waals surface area (Å²) in [5.41, 5.74) is 7.16. The molecule has 1 aromatic rings. The Morgan fingerprint density at radius 1 is 1.38 bits per heavy atom. The summed E-state index contributed by atoms with van der Waals surface area (Å²) >= 11 is 0. The lowest BCUT2D eigenvalue weighted by Crippen LogP contribution is -2.40. The lowest BCUT2D eigenvalue weighted by molar-refractivity contribution is 0.268. The molecule has 1 aliphatic carbocycles. The van der Waals surface area contributed by atoms with Crippen molar-refractivity contribution in [2.45, 2.75) is 31.3 Å². The van der Waals surface area contributed by atoms with Gasteiger partial charge in [-0.3, -0.25) is 0 Å². The largest absolute Gasteiger partial charge is 0.497 e. The van der Waals surface area contributed by atoms with E-state index >= 15 is 0 Å². The molecule has 4 heteroatoms. The number of nitrogens with one attached hydrogen (secondary N) is 1. The van der Waals surface area contributed by atoms with Gasteiger partial charge in [0.05, 0.1) is 7.11 Å². The molecule has 0 amide bonds. The summed E-state index contributed by atoms with van der Waals surface area (Å²) in [6.45, 7) is 1.74. The molecule has 0 bridgehead atoms. The smallest absolute Gasteiger partial charge is 0.119 e. The Hall–Kier alpha value is -1.10. The van der Waals surface area contributed by atoms with E-state index in [1.165, 1.54) is 24.8 Å². The molecule has 3 N–H and O–H groups in total. The van der Waals surface area contributed by atoms with Crippen molar-refractivity contribution in [3.05, 3.63) is 29.8 Å². The standard InChI is InChI=1S/C17H29N3O/c1-20(2)17(13-6-4-8-15(10-13)21-3)12-19-16-9-5-7-14(16)11-18/h4,6,8,10,14,16-17,19H,5,7,9,11-12,18H2,1-3H3. The van der Waals surface area contributed by atoms with Crippen LogP contribution in [0.1, 0.15) is 30.9 Å². The predicted octanol–water partition coefficient (Wildman–Crippen LogP) is 2.01. The van der Waals surface area contributed by atoms with Gasteiger partial charge in [0.2, 0.25) is 0 Å². The van der Waals surface area contributed by atoms with Gasteiger partial charge < -0.3 is 20.7 Å². The molecular weight excluding hydrogens is 262 g/mol. The van der Waals surface area contributed by atoms with E-state index in [4.69, 9.17) is 10.5 Å². The number of benzene rings is 1. The van der Waals surface area contributed by atoms with Crippen LogP contribution in [0.15, 0.2) is 24.3 Å². The van der Waals surface area contributed by atoms with E-state index in [0.29, 0.717) is 18.0 Å².